The topological polar surface area (TPSA) is 12.4 Å². The highest BCUT2D eigenvalue weighted by atomic mass is 19.1. The van der Waals surface area contributed by atoms with Gasteiger partial charge in [0.05, 0.1) is 0 Å². The number of allylic oxidation sites excluding steroid dienone is 2. The lowest BCUT2D eigenvalue weighted by Gasteiger charge is -1.87. The Labute approximate surface area is 40.9 Å². The fraction of sp³-hybridized carbons (Fsp3) is 0.200. The van der Waals surface area contributed by atoms with Crippen molar-refractivity contribution >= 4 is 5.87 Å². The third kappa shape index (κ3) is 0.983. The minimum atomic E-state index is -0.196. The first-order valence-corrected chi connectivity index (χ1v) is 1.99. The molecule has 0 aliphatic carbocycles. The molecular formula is C5H4FN. The predicted octanol–water partition coefficient (Wildman–Crippen LogP) is 1.08. The molecule has 36 valence electrons. The average molecular weight is 97.1 g/mol. The van der Waals surface area contributed by atoms with Gasteiger partial charge in [-0.05, 0) is 11.9 Å². The fourth-order valence-corrected chi connectivity index (χ4v) is 0.354. The molecule has 0 unspecified atom stereocenters. The van der Waals surface area contributed by atoms with Crippen molar-refractivity contribution < 1.29 is 4.39 Å². The van der Waals surface area contributed by atoms with Crippen LogP contribution in [0, 0.1) is 0 Å². The van der Waals surface area contributed by atoms with E-state index in [0.717, 1.165) is 0 Å². The van der Waals surface area contributed by atoms with Gasteiger partial charge in [0.15, 0.2) is 0 Å². The molecule has 1 nitrogen and oxygen atoms in total. The molecule has 0 saturated heterocycles. The minimum absolute atomic E-state index is 0.163. The predicted molar refractivity (Wildman–Crippen MR) is 26.1 cm³/mol. The van der Waals surface area contributed by atoms with Crippen molar-refractivity contribution in [3.05, 3.63) is 18.0 Å². The van der Waals surface area contributed by atoms with Crippen LogP contribution in [0.2, 0.25) is 0 Å². The molecule has 0 aromatic heterocycles. The van der Waals surface area contributed by atoms with Crippen molar-refractivity contribution in [3.63, 3.8) is 0 Å². The van der Waals surface area contributed by atoms with E-state index < -0.39 is 0 Å². The van der Waals surface area contributed by atoms with Crippen LogP contribution in [0.4, 0.5) is 4.39 Å². The largest absolute Gasteiger partial charge is 0.236 e. The van der Waals surface area contributed by atoms with Gasteiger partial charge in [-0.2, -0.15) is 0 Å². The van der Waals surface area contributed by atoms with E-state index >= 15 is 0 Å². The third-order valence-corrected chi connectivity index (χ3v) is 0.660. The molecule has 0 N–H and O–H groups in total. The van der Waals surface area contributed by atoms with E-state index in [4.69, 9.17) is 0 Å². The summed E-state index contributed by atoms with van der Waals surface area (Å²) in [7, 11) is 0. The zero-order valence-corrected chi connectivity index (χ0v) is 3.69. The lowest BCUT2D eigenvalue weighted by atomic mass is 10.4. The Hall–Kier alpha value is -0.880. The maximum atomic E-state index is 11.9. The summed E-state index contributed by atoms with van der Waals surface area (Å²) < 4.78 is 11.9. The molecule has 0 aromatic carbocycles. The second kappa shape index (κ2) is 1.71. The summed E-state index contributed by atoms with van der Waals surface area (Å²) >= 11 is 0. The minimum Gasteiger partial charge on any atom is -0.236 e. The van der Waals surface area contributed by atoms with Gasteiger partial charge >= 0.3 is 0 Å². The van der Waals surface area contributed by atoms with Crippen LogP contribution in [0.1, 0.15) is 0 Å². The van der Waals surface area contributed by atoms with Gasteiger partial charge in [0.1, 0.15) is 12.4 Å². The maximum Gasteiger partial charge on any atom is 0.123 e. The normalized spacial score (nSPS) is 17.0. The average Bonchev–Trinajstić information content (AvgIpc) is 1.69. The molecule has 7 heavy (non-hydrogen) atoms. The summed E-state index contributed by atoms with van der Waals surface area (Å²) in [5.74, 6) is 2.30. The lowest BCUT2D eigenvalue weighted by Crippen LogP contribution is -1.82. The van der Waals surface area contributed by atoms with Crippen molar-refractivity contribution in [1.29, 1.82) is 0 Å². The van der Waals surface area contributed by atoms with Crippen molar-refractivity contribution in [2.75, 3.05) is 6.54 Å². The summed E-state index contributed by atoms with van der Waals surface area (Å²) in [5.41, 5.74) is 0. The lowest BCUT2D eigenvalue weighted by molar-refractivity contribution is 0.619. The zero-order valence-electron chi connectivity index (χ0n) is 3.69. The first kappa shape index (κ1) is 4.28. The van der Waals surface area contributed by atoms with Crippen molar-refractivity contribution in [2.24, 2.45) is 4.99 Å². The van der Waals surface area contributed by atoms with Gasteiger partial charge < -0.3 is 0 Å². The number of nitrogens with zero attached hydrogens (tertiary/aromatic N) is 1. The fourth-order valence-electron chi connectivity index (χ4n) is 0.354. The van der Waals surface area contributed by atoms with Crippen LogP contribution >= 0.6 is 0 Å². The monoisotopic (exact) mass is 97.0 g/mol. The second-order valence-corrected chi connectivity index (χ2v) is 1.23. The molecule has 0 radical (unpaired) electrons. The van der Waals surface area contributed by atoms with Crippen molar-refractivity contribution in [1.82, 2.24) is 0 Å². The highest BCUT2D eigenvalue weighted by Crippen LogP contribution is 1.97. The Bertz CT molecular complexity index is 151. The van der Waals surface area contributed by atoms with Gasteiger partial charge in [-0.1, -0.05) is 0 Å². The van der Waals surface area contributed by atoms with Crippen LogP contribution < -0.4 is 0 Å². The van der Waals surface area contributed by atoms with Gasteiger partial charge in [-0.3, -0.25) is 0 Å². The van der Waals surface area contributed by atoms with E-state index in [9.17, 15) is 4.39 Å². The van der Waals surface area contributed by atoms with E-state index in [1.807, 2.05) is 0 Å². The molecule has 0 fully saturated rings. The van der Waals surface area contributed by atoms with Crippen LogP contribution in [0.15, 0.2) is 23.0 Å². The Morgan fingerprint density at radius 2 is 2.71 bits per heavy atom. The van der Waals surface area contributed by atoms with Gasteiger partial charge in [0.2, 0.25) is 0 Å². The summed E-state index contributed by atoms with van der Waals surface area (Å²) in [5, 5.41) is 0. The molecule has 1 rings (SSSR count). The highest BCUT2D eigenvalue weighted by Gasteiger charge is 1.89. The van der Waals surface area contributed by atoms with E-state index in [1.165, 1.54) is 12.2 Å². The number of hydrogen-bond donors (Lipinski definition) is 0. The van der Waals surface area contributed by atoms with Gasteiger partial charge in [0, 0.05) is 6.08 Å². The molecule has 0 bridgehead atoms. The number of halogens is 1. The highest BCUT2D eigenvalue weighted by molar-refractivity contribution is 5.56. The Morgan fingerprint density at radius 3 is 3.00 bits per heavy atom. The van der Waals surface area contributed by atoms with E-state index in [0.29, 0.717) is 0 Å². The molecule has 0 amide bonds. The Morgan fingerprint density at radius 1 is 1.86 bits per heavy atom. The zero-order chi connectivity index (χ0) is 5.11. The molecule has 1 aliphatic heterocycles. The van der Waals surface area contributed by atoms with E-state index in [2.05, 4.69) is 10.9 Å². The molecular weight excluding hydrogens is 93.1 g/mol. The number of aliphatic imine (C=N–C) groups is 1. The first-order chi connectivity index (χ1) is 3.39. The van der Waals surface area contributed by atoms with Crippen LogP contribution in [-0.2, 0) is 0 Å². The van der Waals surface area contributed by atoms with Crippen LogP contribution in [0.5, 0.6) is 0 Å². The van der Waals surface area contributed by atoms with Crippen LogP contribution in [-0.4, -0.2) is 12.4 Å². The molecule has 0 atom stereocenters. The van der Waals surface area contributed by atoms with Gasteiger partial charge in [-0.15, -0.1) is 0 Å². The molecule has 1 aliphatic rings. The van der Waals surface area contributed by atoms with E-state index in [-0.39, 0.29) is 12.4 Å². The summed E-state index contributed by atoms with van der Waals surface area (Å²) in [4.78, 5) is 3.51. The maximum absolute atomic E-state index is 11.9. The summed E-state index contributed by atoms with van der Waals surface area (Å²) in [6, 6.07) is 0. The standard InChI is InChI=1S/C5H4FN/c6-5-2-1-3-7-4-5/h1-2H,4H2. The molecule has 0 spiro atoms. The third-order valence-electron chi connectivity index (χ3n) is 0.660. The Kier molecular flexibility index (Phi) is 1.05. The van der Waals surface area contributed by atoms with Crippen molar-refractivity contribution in [2.45, 2.75) is 0 Å². The quantitative estimate of drug-likeness (QED) is 0.429. The molecule has 1 heterocycles. The summed E-state index contributed by atoms with van der Waals surface area (Å²) in [6.45, 7) is 0.163. The second-order valence-electron chi connectivity index (χ2n) is 1.23. The molecule has 0 saturated carbocycles. The van der Waals surface area contributed by atoms with E-state index in [1.54, 1.807) is 0 Å². The van der Waals surface area contributed by atoms with Crippen molar-refractivity contribution in [3.8, 4) is 0 Å². The SMILES string of the molecule is FC1=CC=C=NC1. The van der Waals surface area contributed by atoms with Gasteiger partial charge in [-0.25, -0.2) is 9.38 Å². The number of rotatable bonds is 0. The molecule has 0 aromatic rings. The first-order valence-electron chi connectivity index (χ1n) is 1.99. The van der Waals surface area contributed by atoms with Crippen LogP contribution in [0.25, 0.3) is 0 Å². The summed E-state index contributed by atoms with van der Waals surface area (Å²) in [6.07, 6.45) is 2.81. The van der Waals surface area contributed by atoms with Crippen LogP contribution in [0.3, 0.4) is 0 Å². The molecule has 2 heteroatoms. The smallest absolute Gasteiger partial charge is 0.123 e. The number of hydrogen-bond acceptors (Lipinski definition) is 1. The van der Waals surface area contributed by atoms with Gasteiger partial charge in [0.25, 0.3) is 0 Å². The Balaban J connectivity index is 2.77.